The van der Waals surface area contributed by atoms with Crippen LogP contribution in [0.1, 0.15) is 42.9 Å². The Kier molecular flexibility index (Phi) is 4.39. The van der Waals surface area contributed by atoms with Gasteiger partial charge in [0.15, 0.2) is 0 Å². The zero-order chi connectivity index (χ0) is 13.9. The first-order valence-electron chi connectivity index (χ1n) is 7.82. The summed E-state index contributed by atoms with van der Waals surface area (Å²) in [5, 5.41) is 10.9. The minimum absolute atomic E-state index is 0.251. The molecule has 1 saturated carbocycles. The Labute approximate surface area is 121 Å². The second kappa shape index (κ2) is 6.25. The third kappa shape index (κ3) is 2.90. The molecule has 0 aromatic heterocycles. The van der Waals surface area contributed by atoms with Crippen molar-refractivity contribution in [3.63, 3.8) is 0 Å². The highest BCUT2D eigenvalue weighted by Crippen LogP contribution is 2.37. The van der Waals surface area contributed by atoms with Crippen molar-refractivity contribution >= 4 is 0 Å². The van der Waals surface area contributed by atoms with E-state index in [0.29, 0.717) is 6.04 Å². The van der Waals surface area contributed by atoms with Gasteiger partial charge >= 0.3 is 0 Å². The Bertz CT molecular complexity index is 444. The van der Waals surface area contributed by atoms with E-state index in [4.69, 9.17) is 4.74 Å². The lowest BCUT2D eigenvalue weighted by Gasteiger charge is -2.34. The van der Waals surface area contributed by atoms with E-state index in [1.807, 2.05) is 6.07 Å². The van der Waals surface area contributed by atoms with Crippen molar-refractivity contribution in [2.24, 2.45) is 0 Å². The fourth-order valence-corrected chi connectivity index (χ4v) is 3.49. The predicted octanol–water partition coefficient (Wildman–Crippen LogP) is 2.54. The van der Waals surface area contributed by atoms with Gasteiger partial charge in [0.2, 0.25) is 0 Å². The number of aliphatic hydroxyl groups is 1. The van der Waals surface area contributed by atoms with E-state index >= 15 is 0 Å². The number of fused-ring (bicyclic) bond motifs is 1. The molecule has 1 aromatic rings. The maximum absolute atomic E-state index is 10.9. The summed E-state index contributed by atoms with van der Waals surface area (Å²) in [7, 11) is 1.75. The van der Waals surface area contributed by atoms with Crippen LogP contribution in [0.3, 0.4) is 0 Å². The van der Waals surface area contributed by atoms with E-state index in [9.17, 15) is 5.11 Å². The number of nitrogens with zero attached hydrogens (tertiary/aromatic N) is 1. The average molecular weight is 275 g/mol. The molecule has 0 bridgehead atoms. The Morgan fingerprint density at radius 1 is 1.25 bits per heavy atom. The molecule has 0 spiro atoms. The summed E-state index contributed by atoms with van der Waals surface area (Å²) < 4.78 is 5.25. The normalized spacial score (nSPS) is 26.4. The van der Waals surface area contributed by atoms with Gasteiger partial charge in [-0.2, -0.15) is 0 Å². The lowest BCUT2D eigenvalue weighted by atomic mass is 9.97. The van der Waals surface area contributed by atoms with Crippen LogP contribution in [0.15, 0.2) is 24.3 Å². The van der Waals surface area contributed by atoms with Gasteiger partial charge in [0.1, 0.15) is 0 Å². The van der Waals surface area contributed by atoms with Gasteiger partial charge in [-0.3, -0.25) is 4.90 Å². The summed E-state index contributed by atoms with van der Waals surface area (Å²) in [4.78, 5) is 2.50. The van der Waals surface area contributed by atoms with Crippen molar-refractivity contribution in [3.05, 3.63) is 35.4 Å². The number of aryl methyl sites for hydroxylation is 1. The number of benzene rings is 1. The van der Waals surface area contributed by atoms with Gasteiger partial charge in [0.05, 0.1) is 12.7 Å². The number of hydrogen-bond donors (Lipinski definition) is 1. The molecule has 0 amide bonds. The Balaban J connectivity index is 1.81. The monoisotopic (exact) mass is 275 g/mol. The zero-order valence-corrected chi connectivity index (χ0v) is 12.3. The minimum Gasteiger partial charge on any atom is -0.387 e. The van der Waals surface area contributed by atoms with Gasteiger partial charge in [-0.15, -0.1) is 0 Å². The molecule has 3 rings (SSSR count). The van der Waals surface area contributed by atoms with Crippen molar-refractivity contribution in [1.82, 2.24) is 4.90 Å². The van der Waals surface area contributed by atoms with Crippen LogP contribution in [0.4, 0.5) is 0 Å². The highest BCUT2D eigenvalue weighted by molar-refractivity contribution is 5.31. The summed E-state index contributed by atoms with van der Waals surface area (Å²) in [6.45, 7) is 1.69. The fraction of sp³-hybridized carbons (Fsp3) is 0.647. The van der Waals surface area contributed by atoms with Crippen LogP contribution in [0.2, 0.25) is 0 Å². The fourth-order valence-electron chi connectivity index (χ4n) is 3.49. The van der Waals surface area contributed by atoms with Gasteiger partial charge in [-0.05, 0) is 43.2 Å². The van der Waals surface area contributed by atoms with E-state index in [1.54, 1.807) is 7.11 Å². The lowest BCUT2D eigenvalue weighted by molar-refractivity contribution is 0.0250. The molecule has 3 nitrogen and oxygen atoms in total. The molecular formula is C17H25NO2. The van der Waals surface area contributed by atoms with Gasteiger partial charge < -0.3 is 9.84 Å². The third-order valence-corrected chi connectivity index (χ3v) is 4.68. The van der Waals surface area contributed by atoms with Gasteiger partial charge in [-0.25, -0.2) is 0 Å². The highest BCUT2D eigenvalue weighted by Gasteiger charge is 2.38. The molecule has 0 heterocycles. The summed E-state index contributed by atoms with van der Waals surface area (Å²) in [6.07, 6.45) is 5.52. The maximum atomic E-state index is 10.9. The molecule has 1 aromatic carbocycles. The second-order valence-corrected chi connectivity index (χ2v) is 6.07. The average Bonchev–Trinajstić information content (AvgIpc) is 3.30. The van der Waals surface area contributed by atoms with Crippen molar-refractivity contribution in [1.29, 1.82) is 0 Å². The molecule has 0 aliphatic heterocycles. The number of methoxy groups -OCH3 is 1. The number of rotatable bonds is 5. The van der Waals surface area contributed by atoms with Gasteiger partial charge in [0.25, 0.3) is 0 Å². The van der Waals surface area contributed by atoms with Crippen LogP contribution < -0.4 is 0 Å². The Morgan fingerprint density at radius 2 is 2.05 bits per heavy atom. The number of hydrogen-bond acceptors (Lipinski definition) is 3. The topological polar surface area (TPSA) is 32.7 Å². The summed E-state index contributed by atoms with van der Waals surface area (Å²) in [6, 6.07) is 9.30. The summed E-state index contributed by atoms with van der Waals surface area (Å²) >= 11 is 0. The first kappa shape index (κ1) is 14.1. The quantitative estimate of drug-likeness (QED) is 0.838. The molecule has 110 valence electrons. The molecule has 3 heteroatoms. The third-order valence-electron chi connectivity index (χ3n) is 4.68. The van der Waals surface area contributed by atoms with E-state index in [2.05, 4.69) is 23.1 Å². The van der Waals surface area contributed by atoms with Crippen LogP contribution >= 0.6 is 0 Å². The van der Waals surface area contributed by atoms with Crippen LogP contribution in [-0.4, -0.2) is 42.4 Å². The van der Waals surface area contributed by atoms with Gasteiger partial charge in [0, 0.05) is 25.7 Å². The maximum Gasteiger partial charge on any atom is 0.0947 e. The molecular weight excluding hydrogens is 250 g/mol. The van der Waals surface area contributed by atoms with E-state index in [0.717, 1.165) is 38.0 Å². The molecule has 20 heavy (non-hydrogen) atoms. The standard InChI is InChI=1S/C17H25NO2/c1-20-12-11-18(14-9-10-14)16-8-4-6-13-5-2-3-7-15(13)17(16)19/h2-3,5,7,14,16-17,19H,4,6,8-12H2,1H3. The number of ether oxygens (including phenoxy) is 1. The molecule has 2 aliphatic rings. The Hall–Kier alpha value is -0.900. The van der Waals surface area contributed by atoms with E-state index in [1.165, 1.54) is 18.4 Å². The smallest absolute Gasteiger partial charge is 0.0947 e. The molecule has 0 radical (unpaired) electrons. The Morgan fingerprint density at radius 3 is 2.80 bits per heavy atom. The zero-order valence-electron chi connectivity index (χ0n) is 12.3. The predicted molar refractivity (Wildman–Crippen MR) is 79.7 cm³/mol. The largest absolute Gasteiger partial charge is 0.387 e. The summed E-state index contributed by atoms with van der Waals surface area (Å²) in [5.41, 5.74) is 2.46. The molecule has 1 fully saturated rings. The SMILES string of the molecule is COCCN(C1CC1)C1CCCc2ccccc2C1O. The molecule has 2 atom stereocenters. The van der Waals surface area contributed by atoms with Crippen molar-refractivity contribution in [3.8, 4) is 0 Å². The molecule has 1 N–H and O–H groups in total. The van der Waals surface area contributed by atoms with Crippen molar-refractivity contribution < 1.29 is 9.84 Å². The summed E-state index contributed by atoms with van der Waals surface area (Å²) in [5.74, 6) is 0. The number of aliphatic hydroxyl groups excluding tert-OH is 1. The van der Waals surface area contributed by atoms with Crippen LogP contribution in [0, 0.1) is 0 Å². The molecule has 0 saturated heterocycles. The minimum atomic E-state index is -0.355. The molecule has 2 aliphatic carbocycles. The first-order valence-corrected chi connectivity index (χ1v) is 7.82. The molecule has 2 unspecified atom stereocenters. The first-order chi connectivity index (χ1) is 9.81. The second-order valence-electron chi connectivity index (χ2n) is 6.07. The van der Waals surface area contributed by atoms with E-state index in [-0.39, 0.29) is 12.1 Å². The van der Waals surface area contributed by atoms with E-state index < -0.39 is 0 Å². The highest BCUT2D eigenvalue weighted by atomic mass is 16.5. The van der Waals surface area contributed by atoms with Gasteiger partial charge in [-0.1, -0.05) is 24.3 Å². The van der Waals surface area contributed by atoms with Crippen molar-refractivity contribution in [2.75, 3.05) is 20.3 Å². The van der Waals surface area contributed by atoms with Crippen LogP contribution in [-0.2, 0) is 11.2 Å². The van der Waals surface area contributed by atoms with Crippen LogP contribution in [0.25, 0.3) is 0 Å². The van der Waals surface area contributed by atoms with Crippen LogP contribution in [0.5, 0.6) is 0 Å². The van der Waals surface area contributed by atoms with Crippen molar-refractivity contribution in [2.45, 2.75) is 50.3 Å². The lowest BCUT2D eigenvalue weighted by Crippen LogP contribution is -2.42.